The van der Waals surface area contributed by atoms with Crippen LogP contribution in [0, 0.1) is 0 Å². The van der Waals surface area contributed by atoms with Crippen molar-refractivity contribution in [3.05, 3.63) is 60.4 Å². The minimum Gasteiger partial charge on any atom is -0.508 e. The van der Waals surface area contributed by atoms with Gasteiger partial charge in [-0.1, -0.05) is 12.1 Å². The lowest BCUT2D eigenvalue weighted by Gasteiger charge is -2.19. The number of carbonyl (C=O) groups is 2. The Morgan fingerprint density at radius 2 is 1.94 bits per heavy atom. The zero-order valence-corrected chi connectivity index (χ0v) is 17.8. The molecule has 0 unspecified atom stereocenters. The number of H-pyrrole nitrogens is 1. The van der Waals surface area contributed by atoms with Crippen molar-refractivity contribution in [2.75, 3.05) is 11.1 Å². The lowest BCUT2D eigenvalue weighted by atomic mass is 10.1. The molecule has 0 atom stereocenters. The summed E-state index contributed by atoms with van der Waals surface area (Å²) >= 11 is 0. The number of aromatic amines is 1. The second-order valence-electron chi connectivity index (χ2n) is 8.32. The first-order chi connectivity index (χ1) is 15.1. The van der Waals surface area contributed by atoms with Crippen molar-refractivity contribution in [3.8, 4) is 17.0 Å². The molecule has 0 saturated carbocycles. The van der Waals surface area contributed by atoms with Crippen molar-refractivity contribution in [3.63, 3.8) is 0 Å². The van der Waals surface area contributed by atoms with Crippen LogP contribution in [0.2, 0.25) is 0 Å². The normalized spacial score (nSPS) is 11.5. The Morgan fingerprint density at radius 1 is 1.16 bits per heavy atom. The van der Waals surface area contributed by atoms with Gasteiger partial charge >= 0.3 is 6.09 Å². The molecule has 0 aliphatic rings. The second kappa shape index (κ2) is 7.77. The number of rotatable bonds is 3. The Bertz CT molecular complexity index is 1330. The van der Waals surface area contributed by atoms with Crippen LogP contribution in [0.1, 0.15) is 31.3 Å². The third kappa shape index (κ3) is 4.41. The second-order valence-corrected chi connectivity index (χ2v) is 8.32. The number of imidazole rings is 1. The predicted octanol–water partition coefficient (Wildman–Crippen LogP) is 4.35. The van der Waals surface area contributed by atoms with Gasteiger partial charge in [0.1, 0.15) is 17.0 Å². The Labute approximate surface area is 183 Å². The number of anilines is 2. The highest BCUT2D eigenvalue weighted by molar-refractivity contribution is 6.06. The monoisotopic (exact) mass is 433 g/mol. The highest BCUT2D eigenvalue weighted by Crippen LogP contribution is 2.25. The van der Waals surface area contributed by atoms with Gasteiger partial charge in [-0.05, 0) is 57.2 Å². The van der Waals surface area contributed by atoms with Crippen molar-refractivity contribution in [1.29, 1.82) is 0 Å². The lowest BCUT2D eigenvalue weighted by Crippen LogP contribution is -2.27. The van der Waals surface area contributed by atoms with E-state index in [0.29, 0.717) is 22.6 Å². The highest BCUT2D eigenvalue weighted by atomic mass is 16.6. The number of aromatic hydroxyl groups is 1. The number of phenolic OH excluding ortho intramolecular Hbond substituents is 1. The van der Waals surface area contributed by atoms with E-state index in [2.05, 4.69) is 15.3 Å². The van der Waals surface area contributed by atoms with Crippen molar-refractivity contribution in [1.82, 2.24) is 14.5 Å². The topological polar surface area (TPSA) is 135 Å². The predicted molar refractivity (Wildman–Crippen MR) is 122 cm³/mol. The van der Waals surface area contributed by atoms with Crippen LogP contribution in [0.4, 0.5) is 16.4 Å². The zero-order chi connectivity index (χ0) is 23.0. The first-order valence-corrected chi connectivity index (χ1v) is 9.91. The molecule has 9 heteroatoms. The molecule has 4 rings (SSSR count). The molecular weight excluding hydrogens is 410 g/mol. The standard InChI is InChI=1S/C23H23N5O4/c1-23(2,3)32-22(31)28-12-19(27-21(28)24)13-5-4-6-15(9-13)25-20(30)18-11-14-10-16(29)7-8-17(14)26-18/h4-12,26,29H,1-3H3,(H2,24,27)(H,25,30). The molecule has 0 aliphatic carbocycles. The highest BCUT2D eigenvalue weighted by Gasteiger charge is 2.21. The Balaban J connectivity index is 1.55. The number of aromatic nitrogens is 3. The number of carbonyl (C=O) groups excluding carboxylic acids is 2. The molecule has 0 fully saturated rings. The Morgan fingerprint density at radius 3 is 2.69 bits per heavy atom. The van der Waals surface area contributed by atoms with E-state index in [0.717, 1.165) is 15.5 Å². The molecular formula is C23H23N5O4. The number of phenols is 1. The fourth-order valence-corrected chi connectivity index (χ4v) is 3.19. The zero-order valence-electron chi connectivity index (χ0n) is 17.8. The number of nitrogens with zero attached hydrogens (tertiary/aromatic N) is 2. The van der Waals surface area contributed by atoms with Crippen LogP contribution in [0.5, 0.6) is 5.75 Å². The molecule has 0 bridgehead atoms. The van der Waals surface area contributed by atoms with Crippen LogP contribution in [0.15, 0.2) is 54.7 Å². The maximum absolute atomic E-state index is 12.7. The largest absolute Gasteiger partial charge is 0.508 e. The number of hydrogen-bond donors (Lipinski definition) is 4. The van der Waals surface area contributed by atoms with Crippen LogP contribution in [0.3, 0.4) is 0 Å². The van der Waals surface area contributed by atoms with Gasteiger partial charge in [0.2, 0.25) is 5.95 Å². The van der Waals surface area contributed by atoms with Crippen molar-refractivity contribution >= 4 is 34.5 Å². The summed E-state index contributed by atoms with van der Waals surface area (Å²) in [6, 6.07) is 13.5. The summed E-state index contributed by atoms with van der Waals surface area (Å²) in [5, 5.41) is 13.2. The fraction of sp³-hybridized carbons (Fsp3) is 0.174. The van der Waals surface area contributed by atoms with Crippen molar-refractivity contribution < 1.29 is 19.4 Å². The van der Waals surface area contributed by atoms with E-state index in [9.17, 15) is 14.7 Å². The summed E-state index contributed by atoms with van der Waals surface area (Å²) in [7, 11) is 0. The van der Waals surface area contributed by atoms with Crippen LogP contribution in [-0.2, 0) is 4.74 Å². The number of fused-ring (bicyclic) bond motifs is 1. The molecule has 0 spiro atoms. The van der Waals surface area contributed by atoms with E-state index in [1.807, 2.05) is 0 Å². The van der Waals surface area contributed by atoms with Gasteiger partial charge in [-0.2, -0.15) is 0 Å². The molecule has 5 N–H and O–H groups in total. The van der Waals surface area contributed by atoms with Gasteiger partial charge < -0.3 is 25.9 Å². The van der Waals surface area contributed by atoms with Crippen LogP contribution >= 0.6 is 0 Å². The van der Waals surface area contributed by atoms with Crippen molar-refractivity contribution in [2.45, 2.75) is 26.4 Å². The van der Waals surface area contributed by atoms with Gasteiger partial charge in [0.15, 0.2) is 0 Å². The molecule has 2 heterocycles. The van der Waals surface area contributed by atoms with Crippen LogP contribution < -0.4 is 11.1 Å². The molecule has 164 valence electrons. The Hall–Kier alpha value is -4.27. The SMILES string of the molecule is CC(C)(C)OC(=O)n1cc(-c2cccc(NC(=O)c3cc4cc(O)ccc4[nH]3)c2)nc1N. The lowest BCUT2D eigenvalue weighted by molar-refractivity contribution is 0.0540. The summed E-state index contributed by atoms with van der Waals surface area (Å²) in [5.41, 5.74) is 8.00. The summed E-state index contributed by atoms with van der Waals surface area (Å²) in [6.07, 6.45) is 0.872. The summed E-state index contributed by atoms with van der Waals surface area (Å²) < 4.78 is 6.48. The smallest absolute Gasteiger partial charge is 0.421 e. The summed E-state index contributed by atoms with van der Waals surface area (Å²) in [5.74, 6) is -0.206. The van der Waals surface area contributed by atoms with E-state index >= 15 is 0 Å². The molecule has 0 saturated heterocycles. The number of nitrogens with one attached hydrogen (secondary N) is 2. The van der Waals surface area contributed by atoms with Gasteiger partial charge in [-0.15, -0.1) is 0 Å². The maximum atomic E-state index is 12.7. The first-order valence-electron chi connectivity index (χ1n) is 9.91. The van der Waals surface area contributed by atoms with E-state index in [1.165, 1.54) is 6.20 Å². The number of benzene rings is 2. The molecule has 2 aromatic carbocycles. The van der Waals surface area contributed by atoms with Gasteiger partial charge in [-0.3, -0.25) is 4.79 Å². The summed E-state index contributed by atoms with van der Waals surface area (Å²) in [6.45, 7) is 5.29. The number of amides is 1. The van der Waals surface area contributed by atoms with E-state index < -0.39 is 11.7 Å². The van der Waals surface area contributed by atoms with Gasteiger partial charge in [0.25, 0.3) is 5.91 Å². The summed E-state index contributed by atoms with van der Waals surface area (Å²) in [4.78, 5) is 32.3. The maximum Gasteiger partial charge on any atom is 0.421 e. The molecule has 0 aliphatic heterocycles. The molecule has 2 aromatic heterocycles. The quantitative estimate of drug-likeness (QED) is 0.379. The van der Waals surface area contributed by atoms with Crippen molar-refractivity contribution in [2.24, 2.45) is 0 Å². The molecule has 32 heavy (non-hydrogen) atoms. The van der Waals surface area contributed by atoms with E-state index in [-0.39, 0.29) is 17.6 Å². The third-order valence-electron chi connectivity index (χ3n) is 4.59. The number of ether oxygens (including phenoxy) is 1. The number of nitrogens with two attached hydrogens (primary N) is 1. The fourth-order valence-electron chi connectivity index (χ4n) is 3.19. The van der Waals surface area contributed by atoms with Gasteiger partial charge in [-0.25, -0.2) is 14.3 Å². The van der Waals surface area contributed by atoms with E-state index in [1.54, 1.807) is 69.3 Å². The molecule has 4 aromatic rings. The Kier molecular flexibility index (Phi) is 5.09. The van der Waals surface area contributed by atoms with E-state index in [4.69, 9.17) is 10.5 Å². The van der Waals surface area contributed by atoms with Gasteiger partial charge in [0.05, 0.1) is 5.69 Å². The van der Waals surface area contributed by atoms with Crippen LogP contribution in [-0.4, -0.2) is 37.2 Å². The average molecular weight is 433 g/mol. The first kappa shape index (κ1) is 21.0. The third-order valence-corrected chi connectivity index (χ3v) is 4.59. The van der Waals surface area contributed by atoms with Crippen LogP contribution in [0.25, 0.3) is 22.2 Å². The van der Waals surface area contributed by atoms with Gasteiger partial charge in [0, 0.05) is 28.4 Å². The number of hydrogen-bond acceptors (Lipinski definition) is 6. The molecule has 0 radical (unpaired) electrons. The minimum atomic E-state index is -0.667. The average Bonchev–Trinajstić information content (AvgIpc) is 3.30. The molecule has 9 nitrogen and oxygen atoms in total. The minimum absolute atomic E-state index is 0.00465. The molecule has 1 amide bonds. The number of nitrogen functional groups attached to an aromatic ring is 1.